The van der Waals surface area contributed by atoms with Gasteiger partial charge in [0.25, 0.3) is 0 Å². The molecule has 2 heterocycles. The summed E-state index contributed by atoms with van der Waals surface area (Å²) in [5.41, 5.74) is 27.1. The van der Waals surface area contributed by atoms with Crippen LogP contribution >= 0.6 is 11.8 Å². The van der Waals surface area contributed by atoms with E-state index < -0.39 is 16.2 Å². The molecule has 0 aromatic heterocycles. The van der Waals surface area contributed by atoms with Crippen molar-refractivity contribution in [2.75, 3.05) is 4.90 Å². The van der Waals surface area contributed by atoms with Gasteiger partial charge in [-0.3, -0.25) is 0 Å². The van der Waals surface area contributed by atoms with Crippen molar-refractivity contribution in [3.8, 4) is 56.0 Å². The summed E-state index contributed by atoms with van der Waals surface area (Å²) in [5.74, 6) is 1.77. The molecule has 0 saturated heterocycles. The third-order valence-corrected chi connectivity index (χ3v) is 19.6. The fourth-order valence-electron chi connectivity index (χ4n) is 15.8. The number of anilines is 3. The topological polar surface area (TPSA) is 12.5 Å². The summed E-state index contributed by atoms with van der Waals surface area (Å²) in [5, 5.41) is 0. The first-order valence-corrected chi connectivity index (χ1v) is 28.0. The molecule has 3 spiro atoms. The minimum Gasteiger partial charge on any atom is -0.457 e. The Labute approximate surface area is 457 Å². The van der Waals surface area contributed by atoms with Crippen LogP contribution in [-0.4, -0.2) is 0 Å². The maximum Gasteiger partial charge on any atom is 0.132 e. The zero-order chi connectivity index (χ0) is 50.9. The minimum atomic E-state index is -0.659. The van der Waals surface area contributed by atoms with E-state index in [-0.39, 0.29) is 0 Å². The largest absolute Gasteiger partial charge is 0.457 e. The lowest BCUT2D eigenvalue weighted by Gasteiger charge is -2.40. The van der Waals surface area contributed by atoms with Gasteiger partial charge in [0.2, 0.25) is 0 Å². The van der Waals surface area contributed by atoms with Gasteiger partial charge in [-0.05, 0) is 138 Å². The lowest BCUT2D eigenvalue weighted by molar-refractivity contribution is 0.436. The molecule has 0 atom stereocenters. The van der Waals surface area contributed by atoms with Crippen molar-refractivity contribution >= 4 is 28.8 Å². The molecule has 6 aliphatic rings. The second-order valence-corrected chi connectivity index (χ2v) is 22.7. The molecule has 0 amide bonds. The number of rotatable bonds is 3. The van der Waals surface area contributed by atoms with Crippen LogP contribution in [0.2, 0.25) is 0 Å². The van der Waals surface area contributed by atoms with Gasteiger partial charge in [0.05, 0.1) is 27.6 Å². The Bertz CT molecular complexity index is 4480. The van der Waals surface area contributed by atoms with Crippen LogP contribution in [0.1, 0.15) is 66.8 Å². The molecule has 18 rings (SSSR count). The monoisotopic (exact) mass is 1010 g/mol. The van der Waals surface area contributed by atoms with Crippen LogP contribution in [0.3, 0.4) is 0 Å². The van der Waals surface area contributed by atoms with E-state index in [1.54, 1.807) is 0 Å². The molecular formula is C75H45NOS. The molecule has 4 aliphatic carbocycles. The van der Waals surface area contributed by atoms with E-state index in [4.69, 9.17) is 4.74 Å². The molecule has 362 valence electrons. The van der Waals surface area contributed by atoms with Gasteiger partial charge in [0.1, 0.15) is 11.5 Å². The van der Waals surface area contributed by atoms with Crippen LogP contribution < -0.4 is 9.64 Å². The van der Waals surface area contributed by atoms with E-state index >= 15 is 0 Å². The normalized spacial score (nSPS) is 15.3. The van der Waals surface area contributed by atoms with Gasteiger partial charge in [0, 0.05) is 37.7 Å². The first-order valence-electron chi connectivity index (χ1n) is 27.2. The van der Waals surface area contributed by atoms with Crippen molar-refractivity contribution in [3.05, 3.63) is 340 Å². The summed E-state index contributed by atoms with van der Waals surface area (Å²) in [7, 11) is 0. The van der Waals surface area contributed by atoms with E-state index in [9.17, 15) is 0 Å². The zero-order valence-corrected chi connectivity index (χ0v) is 43.1. The number of para-hydroxylation sites is 2. The first-order chi connectivity index (χ1) is 38.7. The number of hydrogen-bond acceptors (Lipinski definition) is 3. The Balaban J connectivity index is 0.982. The molecule has 0 bridgehead atoms. The van der Waals surface area contributed by atoms with Crippen LogP contribution in [0.15, 0.2) is 283 Å². The highest BCUT2D eigenvalue weighted by Crippen LogP contribution is 2.69. The minimum absolute atomic E-state index is 0.525. The first kappa shape index (κ1) is 42.8. The third-order valence-electron chi connectivity index (χ3n) is 18.4. The molecule has 0 unspecified atom stereocenters. The quantitative estimate of drug-likeness (QED) is 0.175. The van der Waals surface area contributed by atoms with E-state index in [1.165, 1.54) is 110 Å². The fraction of sp³-hybridized carbons (Fsp3) is 0.0400. The molecule has 2 nitrogen and oxygen atoms in total. The van der Waals surface area contributed by atoms with Gasteiger partial charge in [-0.2, -0.15) is 0 Å². The summed E-state index contributed by atoms with van der Waals surface area (Å²) in [4.78, 5) is 5.24. The summed E-state index contributed by atoms with van der Waals surface area (Å²) in [6.45, 7) is 0. The Morgan fingerprint density at radius 3 is 1.06 bits per heavy atom. The highest BCUT2D eigenvalue weighted by Gasteiger charge is 2.55. The summed E-state index contributed by atoms with van der Waals surface area (Å²) >= 11 is 1.89. The van der Waals surface area contributed by atoms with Gasteiger partial charge in [-0.1, -0.05) is 236 Å². The Morgan fingerprint density at radius 1 is 0.256 bits per heavy atom. The molecule has 2 aliphatic heterocycles. The number of hydrogen-bond donors (Lipinski definition) is 0. The predicted molar refractivity (Wildman–Crippen MR) is 316 cm³/mol. The van der Waals surface area contributed by atoms with Gasteiger partial charge in [-0.25, -0.2) is 0 Å². The summed E-state index contributed by atoms with van der Waals surface area (Å²) < 4.78 is 6.87. The average molecular weight is 1010 g/mol. The number of benzene rings is 12. The summed E-state index contributed by atoms with van der Waals surface area (Å²) in [6, 6.07) is 103. The number of fused-ring (bicyclic) bond motifs is 28. The fourth-order valence-corrected chi connectivity index (χ4v) is 17.0. The molecule has 0 radical (unpaired) electrons. The maximum absolute atomic E-state index is 6.87. The lowest BCUT2D eigenvalue weighted by atomic mass is 9.66. The van der Waals surface area contributed by atoms with Gasteiger partial charge >= 0.3 is 0 Å². The molecular weight excluding hydrogens is 963 g/mol. The van der Waals surface area contributed by atoms with Gasteiger partial charge in [-0.15, -0.1) is 0 Å². The van der Waals surface area contributed by atoms with E-state index in [0.717, 1.165) is 39.7 Å². The lowest BCUT2D eigenvalue weighted by Crippen LogP contribution is -2.32. The van der Waals surface area contributed by atoms with E-state index in [2.05, 4.69) is 278 Å². The van der Waals surface area contributed by atoms with Crippen molar-refractivity contribution in [1.82, 2.24) is 0 Å². The standard InChI is InChI=1S/C75H45NOS/c1-6-26-53-47(21-1)48-22-2-7-27-54(48)73(53)56-29-9-4-24-51(56)71-62(73)35-19-37-65(71)76(46-43-44-50-49-23-3-8-28-55(49)74(64(50)45-46)58-31-11-15-39-67(58)77-68-40-16-12-32-59(68)74)66-38-20-36-63-72(66)52-25-5-10-30-57(52)75(63)60-33-13-17-41-69(60)78-70-42-18-14-34-61(70)75/h1-45H. The smallest absolute Gasteiger partial charge is 0.132 e. The van der Waals surface area contributed by atoms with Crippen molar-refractivity contribution < 1.29 is 4.74 Å². The SMILES string of the molecule is c1ccc2c(c1)Oc1ccccc1C21c2ccccc2-c2ccc(N(c3cccc4c3-c3ccccc3C43c4ccccc4Sc4ccccc43)c3cccc4c3-c3ccccc3C43c4ccccc4-c4ccccc43)cc21. The number of ether oxygens (including phenoxy) is 1. The second kappa shape index (κ2) is 15.4. The molecule has 0 N–H and O–H groups in total. The molecule has 3 heteroatoms. The van der Waals surface area contributed by atoms with Crippen molar-refractivity contribution in [2.45, 2.75) is 26.0 Å². The van der Waals surface area contributed by atoms with Crippen LogP contribution in [0, 0.1) is 0 Å². The van der Waals surface area contributed by atoms with Crippen molar-refractivity contribution in [1.29, 1.82) is 0 Å². The van der Waals surface area contributed by atoms with Gasteiger partial charge < -0.3 is 9.64 Å². The Hall–Kier alpha value is -9.41. The number of nitrogens with zero attached hydrogens (tertiary/aromatic N) is 1. The van der Waals surface area contributed by atoms with Crippen molar-refractivity contribution in [3.63, 3.8) is 0 Å². The van der Waals surface area contributed by atoms with Crippen LogP contribution in [-0.2, 0) is 16.2 Å². The second-order valence-electron chi connectivity index (χ2n) is 21.6. The maximum atomic E-state index is 6.87. The predicted octanol–water partition coefficient (Wildman–Crippen LogP) is 18.8. The average Bonchev–Trinajstić information content (AvgIpc) is 3.12. The Kier molecular flexibility index (Phi) is 8.43. The van der Waals surface area contributed by atoms with E-state index in [0.29, 0.717) is 0 Å². The highest BCUT2D eigenvalue weighted by molar-refractivity contribution is 7.99. The highest BCUT2D eigenvalue weighted by atomic mass is 32.2. The van der Waals surface area contributed by atoms with E-state index in [1.807, 2.05) is 11.8 Å². The van der Waals surface area contributed by atoms with Crippen LogP contribution in [0.25, 0.3) is 44.5 Å². The molecule has 0 fully saturated rings. The molecule has 78 heavy (non-hydrogen) atoms. The molecule has 12 aromatic carbocycles. The Morgan fingerprint density at radius 2 is 0.590 bits per heavy atom. The molecule has 12 aromatic rings. The third kappa shape index (κ3) is 5.03. The summed E-state index contributed by atoms with van der Waals surface area (Å²) in [6.07, 6.45) is 0. The van der Waals surface area contributed by atoms with Crippen molar-refractivity contribution in [2.24, 2.45) is 0 Å². The zero-order valence-electron chi connectivity index (χ0n) is 42.2. The van der Waals surface area contributed by atoms with Crippen LogP contribution in [0.5, 0.6) is 11.5 Å². The molecule has 0 saturated carbocycles. The van der Waals surface area contributed by atoms with Crippen LogP contribution in [0.4, 0.5) is 17.1 Å². The van der Waals surface area contributed by atoms with Gasteiger partial charge in [0.15, 0.2) is 0 Å².